The van der Waals surface area contributed by atoms with Crippen molar-refractivity contribution in [2.24, 2.45) is 0 Å². The molecule has 3 rings (SSSR count). The summed E-state index contributed by atoms with van der Waals surface area (Å²) in [5.41, 5.74) is -0.0652. The van der Waals surface area contributed by atoms with Gasteiger partial charge in [-0.25, -0.2) is 9.59 Å². The van der Waals surface area contributed by atoms with Crippen molar-refractivity contribution in [3.05, 3.63) is 45.8 Å². The van der Waals surface area contributed by atoms with E-state index in [1.807, 2.05) is 0 Å². The molecule has 9 heteroatoms. The van der Waals surface area contributed by atoms with E-state index in [4.69, 9.17) is 14.3 Å². The third kappa shape index (κ3) is 2.71. The minimum absolute atomic E-state index is 0.0826. The van der Waals surface area contributed by atoms with Crippen LogP contribution in [0.15, 0.2) is 33.5 Å². The van der Waals surface area contributed by atoms with Crippen LogP contribution in [0, 0.1) is 6.92 Å². The summed E-state index contributed by atoms with van der Waals surface area (Å²) in [6.07, 6.45) is -7.91. The van der Waals surface area contributed by atoms with Gasteiger partial charge in [-0.3, -0.25) is 0 Å². The number of carbonyl (C=O) groups is 1. The summed E-state index contributed by atoms with van der Waals surface area (Å²) in [7, 11) is 0. The Morgan fingerprint density at radius 2 is 1.84 bits per heavy atom. The van der Waals surface area contributed by atoms with Crippen LogP contribution in [0.4, 0.5) is 0 Å². The Labute approximate surface area is 140 Å². The maximum atomic E-state index is 11.5. The summed E-state index contributed by atoms with van der Waals surface area (Å²) in [5, 5.41) is 50.1. The van der Waals surface area contributed by atoms with Gasteiger partial charge in [0.25, 0.3) is 0 Å². The van der Waals surface area contributed by atoms with Gasteiger partial charge in [0.1, 0.15) is 23.9 Å². The molecule has 1 aliphatic rings. The number of aryl methyl sites for hydroxylation is 1. The van der Waals surface area contributed by atoms with Crippen molar-refractivity contribution in [3.8, 4) is 0 Å². The summed E-state index contributed by atoms with van der Waals surface area (Å²) in [6.45, 7) is 1.68. The molecular weight excluding hydrogens is 336 g/mol. The Bertz CT molecular complexity index is 889. The quantitative estimate of drug-likeness (QED) is 0.419. The van der Waals surface area contributed by atoms with E-state index in [1.54, 1.807) is 6.92 Å². The molecule has 0 amide bonds. The maximum Gasteiger partial charge on any atom is 0.336 e. The van der Waals surface area contributed by atoms with Gasteiger partial charge in [0.05, 0.1) is 0 Å². The fourth-order valence-corrected chi connectivity index (χ4v) is 2.91. The molecule has 0 bridgehead atoms. The molecule has 0 saturated carbocycles. The van der Waals surface area contributed by atoms with E-state index in [0.717, 1.165) is 0 Å². The first-order chi connectivity index (χ1) is 11.6. The van der Waals surface area contributed by atoms with E-state index >= 15 is 0 Å². The summed E-state index contributed by atoms with van der Waals surface area (Å²) < 4.78 is 10.0. The molecule has 2 heterocycles. The smallest absolute Gasteiger partial charge is 0.336 e. The molecule has 0 aliphatic carbocycles. The van der Waals surface area contributed by atoms with Gasteiger partial charge in [-0.1, -0.05) is 12.1 Å². The Hall–Kier alpha value is -2.30. The van der Waals surface area contributed by atoms with E-state index < -0.39 is 41.8 Å². The third-order valence-corrected chi connectivity index (χ3v) is 4.30. The van der Waals surface area contributed by atoms with Crippen molar-refractivity contribution >= 4 is 16.9 Å². The molecule has 9 nitrogen and oxygen atoms in total. The molecule has 134 valence electrons. The van der Waals surface area contributed by atoms with Gasteiger partial charge in [-0.05, 0) is 18.6 Å². The topological polar surface area (TPSA) is 158 Å². The summed E-state index contributed by atoms with van der Waals surface area (Å²) in [5.74, 6) is -4.25. The van der Waals surface area contributed by atoms with E-state index in [-0.39, 0.29) is 11.1 Å². The minimum atomic E-state index is -2.63. The van der Waals surface area contributed by atoms with Crippen LogP contribution in [-0.2, 0) is 15.3 Å². The number of aliphatic hydroxyl groups excluding tert-OH is 3. The highest BCUT2D eigenvalue weighted by molar-refractivity contribution is 5.80. The van der Waals surface area contributed by atoms with Crippen molar-refractivity contribution in [1.29, 1.82) is 0 Å². The van der Waals surface area contributed by atoms with E-state index in [9.17, 15) is 30.0 Å². The first-order valence-corrected chi connectivity index (χ1v) is 7.37. The lowest BCUT2D eigenvalue weighted by Gasteiger charge is -2.44. The molecule has 1 saturated heterocycles. The molecule has 5 atom stereocenters. The molecule has 1 aromatic carbocycles. The van der Waals surface area contributed by atoms with Gasteiger partial charge in [0, 0.05) is 17.0 Å². The van der Waals surface area contributed by atoms with Gasteiger partial charge in [-0.15, -0.1) is 0 Å². The Morgan fingerprint density at radius 3 is 2.48 bits per heavy atom. The van der Waals surface area contributed by atoms with Crippen LogP contribution in [-0.4, -0.2) is 55.9 Å². The van der Waals surface area contributed by atoms with Crippen LogP contribution in [0.5, 0.6) is 0 Å². The number of benzene rings is 1. The van der Waals surface area contributed by atoms with E-state index in [1.165, 1.54) is 24.3 Å². The van der Waals surface area contributed by atoms with Gasteiger partial charge >= 0.3 is 11.6 Å². The monoisotopic (exact) mass is 352 g/mol. The standard InChI is InChI=1S/C16H16O9/c1-6-4-10(17)24-9-5-7(2-3-8(6)9)16(23)14(20)12(19)11(18)13(25-16)15(21)22/h2-5,11-14,18-20,23H,1H3,(H,21,22)/t11-,12-,13-,14+,16-/m0/s1. The lowest BCUT2D eigenvalue weighted by Crippen LogP contribution is -2.64. The second-order valence-corrected chi connectivity index (χ2v) is 5.96. The number of rotatable bonds is 2. The zero-order chi connectivity index (χ0) is 18.5. The highest BCUT2D eigenvalue weighted by Gasteiger charge is 2.56. The van der Waals surface area contributed by atoms with Crippen molar-refractivity contribution in [2.45, 2.75) is 37.1 Å². The molecule has 25 heavy (non-hydrogen) atoms. The fraction of sp³-hybridized carbons (Fsp3) is 0.375. The molecule has 1 aromatic heterocycles. The minimum Gasteiger partial charge on any atom is -0.479 e. The average Bonchev–Trinajstić information content (AvgIpc) is 2.55. The predicted molar refractivity (Wildman–Crippen MR) is 81.6 cm³/mol. The van der Waals surface area contributed by atoms with Crippen LogP contribution in [0.3, 0.4) is 0 Å². The second-order valence-electron chi connectivity index (χ2n) is 5.96. The number of fused-ring (bicyclic) bond motifs is 1. The van der Waals surface area contributed by atoms with Crippen molar-refractivity contribution < 1.29 is 39.5 Å². The molecule has 1 aliphatic heterocycles. The normalized spacial score (nSPS) is 32.7. The zero-order valence-corrected chi connectivity index (χ0v) is 13.0. The Morgan fingerprint density at radius 1 is 1.16 bits per heavy atom. The van der Waals surface area contributed by atoms with Gasteiger partial charge in [0.2, 0.25) is 5.79 Å². The molecule has 0 radical (unpaired) electrons. The van der Waals surface area contributed by atoms with Gasteiger partial charge in [0.15, 0.2) is 6.10 Å². The van der Waals surface area contributed by atoms with E-state index in [0.29, 0.717) is 10.9 Å². The number of carboxylic acids is 1. The SMILES string of the molecule is Cc1cc(=O)oc2cc([C@]3(O)O[C@H](C(=O)O)[C@@H](O)[C@H](O)[C@H]3O)ccc12. The average molecular weight is 352 g/mol. The van der Waals surface area contributed by atoms with Crippen molar-refractivity contribution in [3.63, 3.8) is 0 Å². The van der Waals surface area contributed by atoms with Crippen LogP contribution in [0.25, 0.3) is 11.0 Å². The number of ether oxygens (including phenoxy) is 1. The third-order valence-electron chi connectivity index (χ3n) is 4.30. The lowest BCUT2D eigenvalue weighted by atomic mass is 9.87. The number of aliphatic hydroxyl groups is 4. The lowest BCUT2D eigenvalue weighted by molar-refractivity contribution is -0.349. The highest BCUT2D eigenvalue weighted by Crippen LogP contribution is 2.37. The van der Waals surface area contributed by atoms with Crippen LogP contribution < -0.4 is 5.63 Å². The fourth-order valence-electron chi connectivity index (χ4n) is 2.91. The number of aliphatic carboxylic acids is 1. The first-order valence-electron chi connectivity index (χ1n) is 7.37. The molecule has 2 aromatic rings. The molecule has 1 fully saturated rings. The van der Waals surface area contributed by atoms with Crippen LogP contribution >= 0.6 is 0 Å². The molecule has 0 spiro atoms. The number of hydrogen-bond donors (Lipinski definition) is 5. The van der Waals surface area contributed by atoms with E-state index in [2.05, 4.69) is 0 Å². The Kier molecular flexibility index (Phi) is 4.13. The van der Waals surface area contributed by atoms with Crippen LogP contribution in [0.2, 0.25) is 0 Å². The summed E-state index contributed by atoms with van der Waals surface area (Å²) >= 11 is 0. The molecule has 5 N–H and O–H groups in total. The Balaban J connectivity index is 2.14. The summed E-state index contributed by atoms with van der Waals surface area (Å²) in [6, 6.07) is 5.31. The first kappa shape index (κ1) is 17.5. The van der Waals surface area contributed by atoms with Gasteiger partial charge in [-0.2, -0.15) is 0 Å². The molecule has 0 unspecified atom stereocenters. The van der Waals surface area contributed by atoms with Crippen molar-refractivity contribution in [2.75, 3.05) is 0 Å². The molecular formula is C16H16O9. The van der Waals surface area contributed by atoms with Crippen molar-refractivity contribution in [1.82, 2.24) is 0 Å². The number of carboxylic acid groups (broad SMARTS) is 1. The van der Waals surface area contributed by atoms with Crippen LogP contribution in [0.1, 0.15) is 11.1 Å². The summed E-state index contributed by atoms with van der Waals surface area (Å²) in [4.78, 5) is 22.7. The second kappa shape index (κ2) is 5.90. The largest absolute Gasteiger partial charge is 0.479 e. The predicted octanol–water partition coefficient (Wildman–Crippen LogP) is -1.19. The number of hydrogen-bond acceptors (Lipinski definition) is 8. The van der Waals surface area contributed by atoms with Gasteiger partial charge < -0.3 is 34.7 Å². The maximum absolute atomic E-state index is 11.5. The highest BCUT2D eigenvalue weighted by atomic mass is 16.7. The zero-order valence-electron chi connectivity index (χ0n) is 13.0.